The summed E-state index contributed by atoms with van der Waals surface area (Å²) in [6.07, 6.45) is 0.743. The van der Waals surface area contributed by atoms with E-state index in [1.165, 1.54) is 0 Å². The van der Waals surface area contributed by atoms with Crippen molar-refractivity contribution >= 4 is 23.4 Å². The molecule has 0 radical (unpaired) electrons. The first kappa shape index (κ1) is 22.3. The van der Waals surface area contributed by atoms with Gasteiger partial charge in [-0.05, 0) is 48.9 Å². The van der Waals surface area contributed by atoms with E-state index in [0.29, 0.717) is 42.6 Å². The number of aromatic nitrogens is 2. The number of nitrogens with zero attached hydrogens (tertiary/aromatic N) is 2. The minimum atomic E-state index is -1.11. The van der Waals surface area contributed by atoms with Crippen molar-refractivity contribution in [1.82, 2.24) is 9.97 Å². The van der Waals surface area contributed by atoms with Crippen molar-refractivity contribution in [1.29, 1.82) is 5.26 Å². The van der Waals surface area contributed by atoms with Gasteiger partial charge in [-0.2, -0.15) is 10.2 Å². The van der Waals surface area contributed by atoms with Crippen LogP contribution in [-0.2, 0) is 4.79 Å². The molecule has 1 amide bonds. The lowest BCUT2D eigenvalue weighted by Crippen LogP contribution is -2.38. The molecule has 2 unspecified atom stereocenters. The average Bonchev–Trinajstić information content (AvgIpc) is 3.09. The number of benzene rings is 2. The first-order chi connectivity index (χ1) is 17.1. The van der Waals surface area contributed by atoms with Gasteiger partial charge in [0.25, 0.3) is 5.56 Å². The van der Waals surface area contributed by atoms with Gasteiger partial charge in [0.2, 0.25) is 11.9 Å². The van der Waals surface area contributed by atoms with Crippen molar-refractivity contribution in [2.45, 2.75) is 19.3 Å². The molecule has 178 valence electrons. The number of amides is 1. The number of hydrogen-bond donors (Lipinski definition) is 3. The Labute approximate surface area is 200 Å². The summed E-state index contributed by atoms with van der Waals surface area (Å²) in [6.45, 7) is 3.48. The number of nitriles is 1. The minimum absolute atomic E-state index is 0.107. The van der Waals surface area contributed by atoms with Gasteiger partial charge in [-0.3, -0.25) is 14.6 Å². The zero-order chi connectivity index (χ0) is 24.4. The highest BCUT2D eigenvalue weighted by Gasteiger charge is 2.40. The Balaban J connectivity index is 1.52. The van der Waals surface area contributed by atoms with Crippen molar-refractivity contribution in [2.75, 3.05) is 30.5 Å². The molecule has 3 aromatic rings. The van der Waals surface area contributed by atoms with E-state index >= 15 is 0 Å². The molecule has 5 rings (SSSR count). The number of H-pyrrole nitrogens is 1. The molecular weight excluding hydrogens is 450 g/mol. The van der Waals surface area contributed by atoms with Crippen LogP contribution in [0.15, 0.2) is 47.3 Å². The SMILES string of the molecule is CCOc1ccc(Nc2nc3c(c(=O)[nH]2)C(c2ccc4c(c2)OCCCO4)C(C#N)C(=O)N3)cc1. The Morgan fingerprint density at radius 3 is 2.66 bits per heavy atom. The fourth-order valence-electron chi connectivity index (χ4n) is 4.24. The zero-order valence-electron chi connectivity index (χ0n) is 19.0. The van der Waals surface area contributed by atoms with Crippen LogP contribution >= 0.6 is 0 Å². The van der Waals surface area contributed by atoms with E-state index in [0.717, 1.165) is 12.2 Å². The maximum absolute atomic E-state index is 13.2. The van der Waals surface area contributed by atoms with Crippen LogP contribution in [0.2, 0.25) is 0 Å². The van der Waals surface area contributed by atoms with Gasteiger partial charge in [-0.15, -0.1) is 0 Å². The molecule has 1 aromatic heterocycles. The van der Waals surface area contributed by atoms with Crippen LogP contribution in [0, 0.1) is 17.2 Å². The van der Waals surface area contributed by atoms with E-state index in [4.69, 9.17) is 14.2 Å². The van der Waals surface area contributed by atoms with E-state index in [1.807, 2.05) is 13.0 Å². The normalized spacial score (nSPS) is 18.5. The van der Waals surface area contributed by atoms with Gasteiger partial charge in [0, 0.05) is 18.0 Å². The van der Waals surface area contributed by atoms with Gasteiger partial charge < -0.3 is 24.8 Å². The summed E-state index contributed by atoms with van der Waals surface area (Å²) < 4.78 is 16.9. The van der Waals surface area contributed by atoms with Crippen LogP contribution in [0.5, 0.6) is 17.2 Å². The smallest absolute Gasteiger partial charge is 0.258 e. The van der Waals surface area contributed by atoms with Crippen LogP contribution in [0.1, 0.15) is 30.4 Å². The molecule has 3 heterocycles. The molecule has 3 N–H and O–H groups in total. The largest absolute Gasteiger partial charge is 0.494 e. The lowest BCUT2D eigenvalue weighted by molar-refractivity contribution is -0.119. The number of fused-ring (bicyclic) bond motifs is 2. The molecule has 0 saturated heterocycles. The highest BCUT2D eigenvalue weighted by Crippen LogP contribution is 2.41. The summed E-state index contributed by atoms with van der Waals surface area (Å²) >= 11 is 0. The lowest BCUT2D eigenvalue weighted by Gasteiger charge is -2.28. The average molecular weight is 473 g/mol. The Morgan fingerprint density at radius 2 is 1.91 bits per heavy atom. The van der Waals surface area contributed by atoms with E-state index < -0.39 is 23.3 Å². The lowest BCUT2D eigenvalue weighted by atomic mass is 9.79. The van der Waals surface area contributed by atoms with Gasteiger partial charge in [0.1, 0.15) is 17.5 Å². The number of carbonyl (C=O) groups excluding carboxylic acids is 1. The number of ether oxygens (including phenoxy) is 3. The van der Waals surface area contributed by atoms with E-state index in [-0.39, 0.29) is 17.3 Å². The summed E-state index contributed by atoms with van der Waals surface area (Å²) in [5.74, 6) is -0.372. The van der Waals surface area contributed by atoms with Gasteiger partial charge >= 0.3 is 0 Å². The molecule has 2 aliphatic rings. The van der Waals surface area contributed by atoms with Crippen molar-refractivity contribution < 1.29 is 19.0 Å². The Kier molecular flexibility index (Phi) is 5.97. The number of rotatable bonds is 5. The van der Waals surface area contributed by atoms with Gasteiger partial charge in [0.05, 0.1) is 31.5 Å². The molecule has 0 bridgehead atoms. The molecule has 0 aliphatic carbocycles. The van der Waals surface area contributed by atoms with Gasteiger partial charge in [-0.25, -0.2) is 0 Å². The van der Waals surface area contributed by atoms with Crippen LogP contribution in [-0.4, -0.2) is 35.7 Å². The second-order valence-electron chi connectivity index (χ2n) is 8.09. The van der Waals surface area contributed by atoms with Crippen molar-refractivity contribution in [3.63, 3.8) is 0 Å². The van der Waals surface area contributed by atoms with Crippen LogP contribution < -0.4 is 30.4 Å². The molecule has 2 atom stereocenters. The Morgan fingerprint density at radius 1 is 1.14 bits per heavy atom. The van der Waals surface area contributed by atoms with Crippen molar-refractivity contribution in [3.8, 4) is 23.3 Å². The second kappa shape index (κ2) is 9.38. The summed E-state index contributed by atoms with van der Waals surface area (Å²) in [6, 6.07) is 14.4. The standard InChI is InChI=1S/C25H23N5O5/c1-2-33-16-7-5-15(6-8-16)27-25-29-22-21(24(32)30-25)20(17(13-26)23(31)28-22)14-4-9-18-19(12-14)35-11-3-10-34-18/h4-9,12,17,20H,2-3,10-11H2,1H3,(H3,27,28,29,30,31,32). The zero-order valence-corrected chi connectivity index (χ0v) is 19.0. The third kappa shape index (κ3) is 4.36. The van der Waals surface area contributed by atoms with E-state index in [1.54, 1.807) is 42.5 Å². The van der Waals surface area contributed by atoms with Gasteiger partial charge in [-0.1, -0.05) is 6.07 Å². The molecule has 10 heteroatoms. The fourth-order valence-corrected chi connectivity index (χ4v) is 4.24. The minimum Gasteiger partial charge on any atom is -0.494 e. The molecule has 2 aromatic carbocycles. The maximum Gasteiger partial charge on any atom is 0.258 e. The van der Waals surface area contributed by atoms with Crippen LogP contribution in [0.25, 0.3) is 0 Å². The number of carbonyl (C=O) groups is 1. The number of aromatic amines is 1. The molecule has 2 aliphatic heterocycles. The highest BCUT2D eigenvalue weighted by molar-refractivity contribution is 5.98. The summed E-state index contributed by atoms with van der Waals surface area (Å²) in [4.78, 5) is 33.2. The van der Waals surface area contributed by atoms with E-state index in [2.05, 4.69) is 20.6 Å². The fraction of sp³-hybridized carbons (Fsp3) is 0.280. The highest BCUT2D eigenvalue weighted by atomic mass is 16.5. The molecule has 0 fully saturated rings. The number of nitrogens with one attached hydrogen (secondary N) is 3. The molecule has 0 spiro atoms. The van der Waals surface area contributed by atoms with Gasteiger partial charge in [0.15, 0.2) is 11.5 Å². The topological polar surface area (TPSA) is 138 Å². The molecule has 10 nitrogen and oxygen atoms in total. The van der Waals surface area contributed by atoms with E-state index in [9.17, 15) is 14.9 Å². The van der Waals surface area contributed by atoms with Crippen molar-refractivity contribution in [3.05, 3.63) is 63.9 Å². The van der Waals surface area contributed by atoms with Crippen LogP contribution in [0.3, 0.4) is 0 Å². The predicted molar refractivity (Wildman–Crippen MR) is 127 cm³/mol. The monoisotopic (exact) mass is 473 g/mol. The predicted octanol–water partition coefficient (Wildman–Crippen LogP) is 3.30. The summed E-state index contributed by atoms with van der Waals surface area (Å²) in [7, 11) is 0. The quantitative estimate of drug-likeness (QED) is 0.513. The second-order valence-corrected chi connectivity index (χ2v) is 8.09. The third-order valence-electron chi connectivity index (χ3n) is 5.82. The van der Waals surface area contributed by atoms with Crippen molar-refractivity contribution in [2.24, 2.45) is 5.92 Å². The Hall–Kier alpha value is -4.52. The molecular formula is C25H23N5O5. The Bertz CT molecular complexity index is 1360. The first-order valence-electron chi connectivity index (χ1n) is 11.3. The number of hydrogen-bond acceptors (Lipinski definition) is 8. The maximum atomic E-state index is 13.2. The summed E-state index contributed by atoms with van der Waals surface area (Å²) in [5.41, 5.74) is 1.02. The third-order valence-corrected chi connectivity index (χ3v) is 5.82. The molecule has 0 saturated carbocycles. The van der Waals surface area contributed by atoms with Crippen LogP contribution in [0.4, 0.5) is 17.5 Å². The molecule has 35 heavy (non-hydrogen) atoms. The first-order valence-corrected chi connectivity index (χ1v) is 11.3. The summed E-state index contributed by atoms with van der Waals surface area (Å²) in [5, 5.41) is 15.4. The number of anilines is 3.